The highest BCUT2D eigenvalue weighted by Crippen LogP contribution is 2.18. The highest BCUT2D eigenvalue weighted by Gasteiger charge is 2.01. The summed E-state index contributed by atoms with van der Waals surface area (Å²) < 4.78 is 0. The lowest BCUT2D eigenvalue weighted by molar-refractivity contribution is -0.112. The molecule has 0 saturated heterocycles. The number of carbonyl (C=O) groups is 2. The Bertz CT molecular complexity index is 361. The molecule has 13 heavy (non-hydrogen) atoms. The summed E-state index contributed by atoms with van der Waals surface area (Å²) >= 11 is 1.39. The molecular formula is C10H10O2S. The largest absolute Gasteiger partial charge is 0.295 e. The summed E-state index contributed by atoms with van der Waals surface area (Å²) in [5, 5.41) is 0. The van der Waals surface area contributed by atoms with Gasteiger partial charge in [-0.25, -0.2) is 0 Å². The van der Waals surface area contributed by atoms with Gasteiger partial charge in [0.25, 0.3) is 0 Å². The minimum atomic E-state index is 0.0118. The lowest BCUT2D eigenvalue weighted by atomic mass is 10.3. The molecule has 0 radical (unpaired) electrons. The van der Waals surface area contributed by atoms with Crippen LogP contribution in [0.15, 0.2) is 18.2 Å². The van der Waals surface area contributed by atoms with E-state index in [-0.39, 0.29) is 11.6 Å². The Hall–Kier alpha value is -1.22. The number of hydrogen-bond donors (Lipinski definition) is 0. The lowest BCUT2D eigenvalue weighted by Gasteiger charge is -1.83. The van der Waals surface area contributed by atoms with Gasteiger partial charge in [-0.2, -0.15) is 0 Å². The Balaban J connectivity index is 2.80. The van der Waals surface area contributed by atoms with Gasteiger partial charge < -0.3 is 0 Å². The third kappa shape index (κ3) is 2.95. The minimum absolute atomic E-state index is 0.0118. The van der Waals surface area contributed by atoms with Gasteiger partial charge in [0.2, 0.25) is 0 Å². The molecule has 0 N–H and O–H groups in total. The van der Waals surface area contributed by atoms with Crippen LogP contribution in [0.3, 0.4) is 0 Å². The minimum Gasteiger partial charge on any atom is -0.295 e. The second kappa shape index (κ2) is 4.14. The van der Waals surface area contributed by atoms with Gasteiger partial charge in [-0.3, -0.25) is 9.59 Å². The van der Waals surface area contributed by atoms with Crippen molar-refractivity contribution in [3.05, 3.63) is 28.0 Å². The van der Waals surface area contributed by atoms with Crippen LogP contribution in [-0.2, 0) is 4.79 Å². The van der Waals surface area contributed by atoms with Crippen molar-refractivity contribution in [3.63, 3.8) is 0 Å². The van der Waals surface area contributed by atoms with Gasteiger partial charge in [0, 0.05) is 4.88 Å². The SMILES string of the molecule is CC(=O)/C=C/c1ccc(C(C)=O)s1. The first kappa shape index (κ1) is 9.86. The van der Waals surface area contributed by atoms with Crippen LogP contribution in [0, 0.1) is 0 Å². The van der Waals surface area contributed by atoms with Crippen LogP contribution < -0.4 is 0 Å². The Morgan fingerprint density at radius 2 is 2.00 bits per heavy atom. The van der Waals surface area contributed by atoms with E-state index in [2.05, 4.69) is 0 Å². The van der Waals surface area contributed by atoms with E-state index in [0.717, 1.165) is 9.75 Å². The predicted octanol–water partition coefficient (Wildman–Crippen LogP) is 2.55. The fraction of sp³-hybridized carbons (Fsp3) is 0.200. The summed E-state index contributed by atoms with van der Waals surface area (Å²) in [5.74, 6) is 0.0743. The van der Waals surface area contributed by atoms with E-state index in [1.165, 1.54) is 31.3 Å². The molecule has 0 unspecified atom stereocenters. The maximum atomic E-state index is 10.9. The van der Waals surface area contributed by atoms with Crippen molar-refractivity contribution >= 4 is 29.0 Å². The number of rotatable bonds is 3. The summed E-state index contributed by atoms with van der Waals surface area (Å²) in [7, 11) is 0. The van der Waals surface area contributed by atoms with Gasteiger partial charge in [-0.05, 0) is 38.1 Å². The van der Waals surface area contributed by atoms with Crippen LogP contribution >= 0.6 is 11.3 Å². The van der Waals surface area contributed by atoms with Crippen LogP contribution in [0.1, 0.15) is 28.4 Å². The Labute approximate surface area is 80.9 Å². The molecule has 0 saturated carbocycles. The van der Waals surface area contributed by atoms with Crippen molar-refractivity contribution in [3.8, 4) is 0 Å². The molecule has 1 rings (SSSR count). The molecule has 2 nitrogen and oxygen atoms in total. The Morgan fingerprint density at radius 1 is 1.31 bits per heavy atom. The van der Waals surface area contributed by atoms with Crippen LogP contribution in [0.25, 0.3) is 6.08 Å². The number of carbonyl (C=O) groups excluding carboxylic acids is 2. The van der Waals surface area contributed by atoms with Gasteiger partial charge in [-0.15, -0.1) is 11.3 Å². The summed E-state index contributed by atoms with van der Waals surface area (Å²) in [6.07, 6.45) is 3.22. The molecule has 0 aliphatic heterocycles. The first-order chi connectivity index (χ1) is 6.09. The second-order valence-corrected chi connectivity index (χ2v) is 3.82. The molecule has 1 aromatic heterocycles. The van der Waals surface area contributed by atoms with E-state index in [9.17, 15) is 9.59 Å². The smallest absolute Gasteiger partial charge is 0.169 e. The zero-order valence-corrected chi connectivity index (χ0v) is 8.35. The average molecular weight is 194 g/mol. The third-order valence-electron chi connectivity index (χ3n) is 1.46. The molecule has 0 aromatic carbocycles. The van der Waals surface area contributed by atoms with Crippen molar-refractivity contribution in [2.24, 2.45) is 0 Å². The maximum absolute atomic E-state index is 10.9. The van der Waals surface area contributed by atoms with E-state index in [4.69, 9.17) is 0 Å². The van der Waals surface area contributed by atoms with Gasteiger partial charge >= 0.3 is 0 Å². The van der Waals surface area contributed by atoms with E-state index >= 15 is 0 Å². The molecule has 0 fully saturated rings. The van der Waals surface area contributed by atoms with Crippen molar-refractivity contribution < 1.29 is 9.59 Å². The molecule has 1 heterocycles. The molecule has 0 bridgehead atoms. The summed E-state index contributed by atoms with van der Waals surface area (Å²) in [6, 6.07) is 3.60. The van der Waals surface area contributed by atoms with Crippen LogP contribution in [0.4, 0.5) is 0 Å². The number of allylic oxidation sites excluding steroid dienone is 1. The van der Waals surface area contributed by atoms with Crippen molar-refractivity contribution in [2.75, 3.05) is 0 Å². The summed E-state index contributed by atoms with van der Waals surface area (Å²) in [5.41, 5.74) is 0. The van der Waals surface area contributed by atoms with Gasteiger partial charge in [0.1, 0.15) is 0 Å². The standard InChI is InChI=1S/C10H10O2S/c1-7(11)3-4-9-5-6-10(13-9)8(2)12/h3-6H,1-2H3/b4-3+. The monoisotopic (exact) mass is 194 g/mol. The Morgan fingerprint density at radius 3 is 2.46 bits per heavy atom. The van der Waals surface area contributed by atoms with E-state index in [1.54, 1.807) is 12.1 Å². The molecule has 68 valence electrons. The van der Waals surface area contributed by atoms with Gasteiger partial charge in [0.15, 0.2) is 11.6 Å². The van der Waals surface area contributed by atoms with Gasteiger partial charge in [-0.1, -0.05) is 0 Å². The zero-order valence-electron chi connectivity index (χ0n) is 7.53. The molecule has 0 atom stereocenters. The molecule has 0 amide bonds. The van der Waals surface area contributed by atoms with Crippen LogP contribution in [-0.4, -0.2) is 11.6 Å². The van der Waals surface area contributed by atoms with Gasteiger partial charge in [0.05, 0.1) is 4.88 Å². The molecular weight excluding hydrogens is 184 g/mol. The van der Waals surface area contributed by atoms with Crippen molar-refractivity contribution in [1.82, 2.24) is 0 Å². The normalized spacial score (nSPS) is 10.6. The number of Topliss-reactive ketones (excluding diaryl/α,β-unsaturated/α-hetero) is 1. The van der Waals surface area contributed by atoms with Crippen molar-refractivity contribution in [2.45, 2.75) is 13.8 Å². The van der Waals surface area contributed by atoms with Crippen molar-refractivity contribution in [1.29, 1.82) is 0 Å². The summed E-state index contributed by atoms with van der Waals surface area (Å²) in [4.78, 5) is 23.2. The predicted molar refractivity (Wildman–Crippen MR) is 54.0 cm³/mol. The molecule has 0 aliphatic rings. The number of hydrogen-bond acceptors (Lipinski definition) is 3. The first-order valence-corrected chi connectivity index (χ1v) is 4.70. The fourth-order valence-electron chi connectivity index (χ4n) is 0.831. The first-order valence-electron chi connectivity index (χ1n) is 3.89. The summed E-state index contributed by atoms with van der Waals surface area (Å²) in [6.45, 7) is 3.03. The average Bonchev–Trinajstić information content (AvgIpc) is 2.48. The number of ketones is 2. The molecule has 0 spiro atoms. The van der Waals surface area contributed by atoms with E-state index in [1.807, 2.05) is 6.07 Å². The van der Waals surface area contributed by atoms with Crippen LogP contribution in [0.2, 0.25) is 0 Å². The molecule has 3 heteroatoms. The highest BCUT2D eigenvalue weighted by atomic mass is 32.1. The zero-order chi connectivity index (χ0) is 9.84. The quantitative estimate of drug-likeness (QED) is 0.547. The van der Waals surface area contributed by atoms with E-state index < -0.39 is 0 Å². The second-order valence-electron chi connectivity index (χ2n) is 2.70. The van der Waals surface area contributed by atoms with E-state index in [0.29, 0.717) is 0 Å². The lowest BCUT2D eigenvalue weighted by Crippen LogP contribution is -1.83. The fourth-order valence-corrected chi connectivity index (χ4v) is 1.64. The highest BCUT2D eigenvalue weighted by molar-refractivity contribution is 7.14. The van der Waals surface area contributed by atoms with Crippen LogP contribution in [0.5, 0.6) is 0 Å². The topological polar surface area (TPSA) is 34.1 Å². The molecule has 1 aromatic rings. The Kier molecular flexibility index (Phi) is 3.14. The maximum Gasteiger partial charge on any atom is 0.169 e. The number of thiophene rings is 1. The third-order valence-corrected chi connectivity index (χ3v) is 2.61. The molecule has 0 aliphatic carbocycles.